The van der Waals surface area contributed by atoms with Crippen LogP contribution in [0.5, 0.6) is 0 Å². The monoisotopic (exact) mass is 700 g/mol. The lowest BCUT2D eigenvalue weighted by Gasteiger charge is -2.14. The van der Waals surface area contributed by atoms with Gasteiger partial charge in [0.2, 0.25) is 0 Å². The van der Waals surface area contributed by atoms with Gasteiger partial charge in [0, 0.05) is 49.3 Å². The molecule has 3 nitrogen and oxygen atoms in total. The first kappa shape index (κ1) is 30.1. The summed E-state index contributed by atoms with van der Waals surface area (Å²) in [6.45, 7) is 0. The Bertz CT molecular complexity index is 3460. The van der Waals surface area contributed by atoms with Crippen LogP contribution in [0.3, 0.4) is 0 Å². The lowest BCUT2D eigenvalue weighted by molar-refractivity contribution is 0.673. The summed E-state index contributed by atoms with van der Waals surface area (Å²) in [6.07, 6.45) is 0. The van der Waals surface area contributed by atoms with Gasteiger partial charge in [0.15, 0.2) is 0 Å². The molecule has 0 fully saturated rings. The number of nitrogens with zero attached hydrogens (tertiary/aromatic N) is 2. The van der Waals surface area contributed by atoms with Crippen LogP contribution in [-0.4, -0.2) is 9.13 Å². The molecule has 0 N–H and O–H groups in total. The number of rotatable bonds is 4. The van der Waals surface area contributed by atoms with Crippen LogP contribution in [0.2, 0.25) is 0 Å². The van der Waals surface area contributed by atoms with Crippen LogP contribution in [-0.2, 0) is 0 Å². The largest absolute Gasteiger partial charge is 0.455 e. The van der Waals surface area contributed by atoms with Gasteiger partial charge >= 0.3 is 0 Å². The normalized spacial score (nSPS) is 12.0. The molecule has 0 saturated carbocycles. The maximum Gasteiger partial charge on any atom is 0.145 e. The van der Waals surface area contributed by atoms with E-state index < -0.39 is 0 Å². The van der Waals surface area contributed by atoms with Crippen LogP contribution < -0.4 is 0 Å². The summed E-state index contributed by atoms with van der Waals surface area (Å²) in [7, 11) is 0. The van der Waals surface area contributed by atoms with E-state index in [-0.39, 0.29) is 0 Å². The van der Waals surface area contributed by atoms with Crippen molar-refractivity contribution in [3.63, 3.8) is 0 Å². The summed E-state index contributed by atoms with van der Waals surface area (Å²) in [5.74, 6) is 0. The van der Waals surface area contributed by atoms with E-state index >= 15 is 0 Å². The van der Waals surface area contributed by atoms with Gasteiger partial charge in [0.1, 0.15) is 11.2 Å². The lowest BCUT2D eigenvalue weighted by Crippen LogP contribution is -1.97. The van der Waals surface area contributed by atoms with Crippen LogP contribution in [0.1, 0.15) is 0 Å². The summed E-state index contributed by atoms with van der Waals surface area (Å²) in [5, 5.41) is 9.42. The minimum atomic E-state index is 0.895. The van der Waals surface area contributed by atoms with Gasteiger partial charge in [-0.15, -0.1) is 0 Å². The fourth-order valence-electron chi connectivity index (χ4n) is 9.05. The van der Waals surface area contributed by atoms with E-state index in [1.807, 2.05) is 0 Å². The van der Waals surface area contributed by atoms with Crippen molar-refractivity contribution in [2.24, 2.45) is 0 Å². The minimum Gasteiger partial charge on any atom is -0.455 e. The number of benzene rings is 9. The molecule has 3 aromatic heterocycles. The highest BCUT2D eigenvalue weighted by Crippen LogP contribution is 2.47. The Kier molecular flexibility index (Phi) is 6.34. The summed E-state index contributed by atoms with van der Waals surface area (Å²) >= 11 is 0. The predicted octanol–water partition coefficient (Wildman–Crippen LogP) is 14.3. The maximum atomic E-state index is 6.87. The summed E-state index contributed by atoms with van der Waals surface area (Å²) in [6, 6.07) is 70.2. The molecule has 0 aliphatic carbocycles. The Morgan fingerprint density at radius 2 is 0.982 bits per heavy atom. The first-order valence-electron chi connectivity index (χ1n) is 18.9. The van der Waals surface area contributed by atoms with Crippen molar-refractivity contribution >= 4 is 76.3 Å². The van der Waals surface area contributed by atoms with E-state index in [2.05, 4.69) is 203 Å². The molecule has 12 rings (SSSR count). The van der Waals surface area contributed by atoms with E-state index in [9.17, 15) is 0 Å². The molecule has 0 bridgehead atoms. The van der Waals surface area contributed by atoms with E-state index in [0.29, 0.717) is 0 Å². The average molecular weight is 701 g/mol. The highest BCUT2D eigenvalue weighted by molar-refractivity contribution is 6.30. The molecule has 0 spiro atoms. The van der Waals surface area contributed by atoms with E-state index in [4.69, 9.17) is 4.42 Å². The van der Waals surface area contributed by atoms with Crippen molar-refractivity contribution in [2.45, 2.75) is 0 Å². The topological polar surface area (TPSA) is 23.0 Å². The zero-order valence-corrected chi connectivity index (χ0v) is 29.8. The van der Waals surface area contributed by atoms with E-state index in [1.165, 1.54) is 60.2 Å². The van der Waals surface area contributed by atoms with Gasteiger partial charge in [0.25, 0.3) is 0 Å². The third kappa shape index (κ3) is 4.38. The number of aromatic nitrogens is 2. The third-order valence-corrected chi connectivity index (χ3v) is 11.5. The van der Waals surface area contributed by atoms with Gasteiger partial charge in [-0.25, -0.2) is 0 Å². The van der Waals surface area contributed by atoms with Crippen molar-refractivity contribution in [1.82, 2.24) is 9.13 Å². The smallest absolute Gasteiger partial charge is 0.145 e. The van der Waals surface area contributed by atoms with Crippen molar-refractivity contribution < 1.29 is 4.42 Å². The van der Waals surface area contributed by atoms with Crippen molar-refractivity contribution in [2.75, 3.05) is 0 Å². The molecular formula is C52H32N2O. The van der Waals surface area contributed by atoms with Gasteiger partial charge < -0.3 is 13.6 Å². The molecule has 0 aliphatic rings. The van der Waals surface area contributed by atoms with Gasteiger partial charge in [-0.3, -0.25) is 0 Å². The molecule has 12 aromatic rings. The molecule has 0 unspecified atom stereocenters. The van der Waals surface area contributed by atoms with Crippen LogP contribution in [0.15, 0.2) is 199 Å². The van der Waals surface area contributed by atoms with Crippen molar-refractivity contribution in [1.29, 1.82) is 0 Å². The first-order chi connectivity index (χ1) is 27.3. The zero-order chi connectivity index (χ0) is 36.0. The predicted molar refractivity (Wildman–Crippen MR) is 231 cm³/mol. The van der Waals surface area contributed by atoms with Crippen molar-refractivity contribution in [3.8, 4) is 33.6 Å². The molecule has 0 amide bonds. The molecule has 55 heavy (non-hydrogen) atoms. The first-order valence-corrected chi connectivity index (χ1v) is 18.9. The van der Waals surface area contributed by atoms with Gasteiger partial charge in [-0.05, 0) is 76.7 Å². The molecule has 0 aliphatic heterocycles. The van der Waals surface area contributed by atoms with Crippen LogP contribution >= 0.6 is 0 Å². The molecular weight excluding hydrogens is 669 g/mol. The Hall–Kier alpha value is -7.36. The second-order valence-corrected chi connectivity index (χ2v) is 14.5. The number of para-hydroxylation sites is 3. The SMILES string of the molecule is c1ccc(-c2ccc(-n3c4c(-c5ccc6c(c5)c5ccccc5n6-c5ccccc5)cc5c6ccccc6oc5c4c4ccc5ccccc5c43)cc2)cc1. The van der Waals surface area contributed by atoms with Crippen LogP contribution in [0, 0.1) is 0 Å². The van der Waals surface area contributed by atoms with E-state index in [0.717, 1.165) is 49.8 Å². The number of hydrogen-bond donors (Lipinski definition) is 0. The maximum absolute atomic E-state index is 6.87. The second-order valence-electron chi connectivity index (χ2n) is 14.5. The summed E-state index contributed by atoms with van der Waals surface area (Å²) in [5.41, 5.74) is 13.5. The Morgan fingerprint density at radius 3 is 1.82 bits per heavy atom. The zero-order valence-electron chi connectivity index (χ0n) is 29.8. The number of fused-ring (bicyclic) bond motifs is 12. The van der Waals surface area contributed by atoms with Gasteiger partial charge in [-0.2, -0.15) is 0 Å². The molecule has 0 atom stereocenters. The molecule has 3 heterocycles. The average Bonchev–Trinajstić information content (AvgIpc) is 3.92. The Balaban J connectivity index is 1.24. The highest BCUT2D eigenvalue weighted by Gasteiger charge is 2.25. The van der Waals surface area contributed by atoms with Crippen molar-refractivity contribution in [3.05, 3.63) is 194 Å². The Labute approximate surface area is 316 Å². The minimum absolute atomic E-state index is 0.895. The van der Waals surface area contributed by atoms with Gasteiger partial charge in [-0.1, -0.05) is 140 Å². The van der Waals surface area contributed by atoms with E-state index in [1.54, 1.807) is 0 Å². The molecule has 9 aromatic carbocycles. The Morgan fingerprint density at radius 1 is 0.345 bits per heavy atom. The molecule has 3 heteroatoms. The third-order valence-electron chi connectivity index (χ3n) is 11.5. The van der Waals surface area contributed by atoms with Crippen LogP contribution in [0.25, 0.3) is 110 Å². The lowest BCUT2D eigenvalue weighted by atomic mass is 9.96. The molecule has 0 radical (unpaired) electrons. The standard InChI is InChI=1S/C52H32N2O/c1-3-13-33(14-4-1)34-23-27-38(28-24-34)54-50-39-18-8-7-15-35(39)25-29-42(50)49-51(54)43(32-45-41-20-10-12-22-48(41)55-52(45)49)36-26-30-47-44(31-36)40-19-9-11-21-46(40)53(47)37-16-5-2-6-17-37/h1-32H. The number of furan rings is 1. The fourth-order valence-corrected chi connectivity index (χ4v) is 9.05. The molecule has 0 saturated heterocycles. The number of hydrogen-bond acceptors (Lipinski definition) is 1. The fraction of sp³-hybridized carbons (Fsp3) is 0. The van der Waals surface area contributed by atoms with Gasteiger partial charge in [0.05, 0.1) is 27.5 Å². The second kappa shape index (κ2) is 11.6. The quantitative estimate of drug-likeness (QED) is 0.179. The summed E-state index contributed by atoms with van der Waals surface area (Å²) in [4.78, 5) is 0. The molecule has 256 valence electrons. The highest BCUT2D eigenvalue weighted by atomic mass is 16.3. The summed E-state index contributed by atoms with van der Waals surface area (Å²) < 4.78 is 11.7. The van der Waals surface area contributed by atoms with Crippen LogP contribution in [0.4, 0.5) is 0 Å².